The summed E-state index contributed by atoms with van der Waals surface area (Å²) < 4.78 is 4.92. The summed E-state index contributed by atoms with van der Waals surface area (Å²) in [6, 6.07) is 1.64. The van der Waals surface area contributed by atoms with E-state index in [4.69, 9.17) is 4.74 Å². The van der Waals surface area contributed by atoms with E-state index in [0.717, 1.165) is 0 Å². The van der Waals surface area contributed by atoms with Crippen molar-refractivity contribution in [2.24, 2.45) is 0 Å². The maximum atomic E-state index is 10.9. The van der Waals surface area contributed by atoms with Crippen molar-refractivity contribution < 1.29 is 9.53 Å². The van der Waals surface area contributed by atoms with Crippen molar-refractivity contribution in [3.63, 3.8) is 0 Å². The monoisotopic (exact) mass is 231 g/mol. The molecule has 0 aliphatic heterocycles. The quantitative estimate of drug-likeness (QED) is 0.730. The second kappa shape index (κ2) is 4.87. The van der Waals surface area contributed by atoms with Gasteiger partial charge in [0.05, 0.1) is 18.9 Å². The molecule has 0 saturated heterocycles. The van der Waals surface area contributed by atoms with Gasteiger partial charge >= 0.3 is 0 Å². The van der Waals surface area contributed by atoms with Gasteiger partial charge in [-0.3, -0.25) is 9.78 Å². The number of carbonyl (C=O) groups excluding carboxylic acids is 1. The molecule has 0 aliphatic carbocycles. The zero-order valence-electron chi connectivity index (χ0n) is 6.90. The summed E-state index contributed by atoms with van der Waals surface area (Å²) in [7, 11) is 1.52. The highest BCUT2D eigenvalue weighted by atomic mass is 79.9. The predicted octanol–water partition coefficient (Wildman–Crippen LogP) is 1.87. The van der Waals surface area contributed by atoms with Crippen molar-refractivity contribution in [1.29, 1.82) is 0 Å². The van der Waals surface area contributed by atoms with Crippen LogP contribution in [0.1, 0.15) is 17.3 Å². The Morgan fingerprint density at radius 3 is 2.67 bits per heavy atom. The van der Waals surface area contributed by atoms with Gasteiger partial charge in [0.2, 0.25) is 0 Å². The summed E-state index contributed by atoms with van der Waals surface area (Å²) in [6.45, 7) is 1.50. The number of nitrogens with zero attached hydrogens (tertiary/aromatic N) is 1. The number of rotatable bonds is 2. The first-order valence-electron chi connectivity index (χ1n) is 3.24. The second-order valence-corrected chi connectivity index (χ2v) is 2.13. The molecule has 0 fully saturated rings. The lowest BCUT2D eigenvalue weighted by Gasteiger charge is -2.02. The Hall–Kier alpha value is -0.900. The van der Waals surface area contributed by atoms with Gasteiger partial charge < -0.3 is 4.74 Å². The highest BCUT2D eigenvalue weighted by molar-refractivity contribution is 8.93. The van der Waals surface area contributed by atoms with Crippen molar-refractivity contribution in [3.05, 3.63) is 24.0 Å². The van der Waals surface area contributed by atoms with Gasteiger partial charge in [0.1, 0.15) is 5.75 Å². The van der Waals surface area contributed by atoms with E-state index in [1.807, 2.05) is 0 Å². The van der Waals surface area contributed by atoms with E-state index < -0.39 is 0 Å². The van der Waals surface area contributed by atoms with E-state index in [1.54, 1.807) is 12.3 Å². The molecule has 0 bridgehead atoms. The third kappa shape index (κ3) is 2.30. The predicted molar refractivity (Wildman–Crippen MR) is 51.1 cm³/mol. The van der Waals surface area contributed by atoms with Crippen LogP contribution in [0.2, 0.25) is 0 Å². The summed E-state index contributed by atoms with van der Waals surface area (Å²) in [5, 5.41) is 0. The van der Waals surface area contributed by atoms with Crippen LogP contribution in [0.25, 0.3) is 0 Å². The van der Waals surface area contributed by atoms with Crippen molar-refractivity contribution in [3.8, 4) is 5.75 Å². The Labute approximate surface area is 81.5 Å². The second-order valence-electron chi connectivity index (χ2n) is 2.13. The number of halogens is 1. The molecule has 0 aromatic carbocycles. The molecule has 12 heavy (non-hydrogen) atoms. The minimum atomic E-state index is -0.00995. The lowest BCUT2D eigenvalue weighted by atomic mass is 10.2. The fourth-order valence-electron chi connectivity index (χ4n) is 0.833. The molecule has 0 aliphatic rings. The molecule has 1 rings (SSSR count). The highest BCUT2D eigenvalue weighted by Gasteiger charge is 2.05. The molecule has 0 radical (unpaired) electrons. The minimum Gasteiger partial charge on any atom is -0.494 e. The number of aromatic nitrogens is 1. The fourth-order valence-corrected chi connectivity index (χ4v) is 0.833. The average molecular weight is 232 g/mol. The van der Waals surface area contributed by atoms with Gasteiger partial charge in [-0.15, -0.1) is 17.0 Å². The van der Waals surface area contributed by atoms with E-state index in [9.17, 15) is 4.79 Å². The number of Topliss-reactive ketones (excluding diaryl/α,β-unsaturated/α-hetero) is 1. The van der Waals surface area contributed by atoms with Crippen LogP contribution in [0.15, 0.2) is 18.5 Å². The van der Waals surface area contributed by atoms with Crippen LogP contribution in [0.4, 0.5) is 0 Å². The topological polar surface area (TPSA) is 39.2 Å². The number of pyridine rings is 1. The van der Waals surface area contributed by atoms with Crippen molar-refractivity contribution in [2.75, 3.05) is 7.11 Å². The average Bonchev–Trinajstić information content (AvgIpc) is 2.04. The summed E-state index contributed by atoms with van der Waals surface area (Å²) >= 11 is 0. The normalized spacial score (nSPS) is 8.50. The van der Waals surface area contributed by atoms with Crippen LogP contribution in [0.5, 0.6) is 5.75 Å². The molecular formula is C8H10BrNO2. The molecule has 3 nitrogen and oxygen atoms in total. The molecule has 1 aromatic rings. The number of hydrogen-bond acceptors (Lipinski definition) is 3. The van der Waals surface area contributed by atoms with Gasteiger partial charge in [0, 0.05) is 6.20 Å². The number of carbonyl (C=O) groups is 1. The van der Waals surface area contributed by atoms with Crippen LogP contribution < -0.4 is 4.74 Å². The number of methoxy groups -OCH3 is 1. The van der Waals surface area contributed by atoms with E-state index in [1.165, 1.54) is 20.2 Å². The van der Waals surface area contributed by atoms with Crippen molar-refractivity contribution in [2.45, 2.75) is 6.92 Å². The third-order valence-corrected chi connectivity index (χ3v) is 1.38. The van der Waals surface area contributed by atoms with Gasteiger partial charge in [-0.25, -0.2) is 0 Å². The molecule has 0 spiro atoms. The van der Waals surface area contributed by atoms with Crippen LogP contribution in [-0.2, 0) is 0 Å². The summed E-state index contributed by atoms with van der Waals surface area (Å²) in [6.07, 6.45) is 3.09. The molecule has 1 heterocycles. The first-order chi connectivity index (χ1) is 5.25. The number of ketones is 1. The standard InChI is InChI=1S/C8H9NO2.BrH/c1-6(10)7-3-4-9-5-8(7)11-2;/h3-5H,1-2H3;1H. The molecule has 0 atom stereocenters. The van der Waals surface area contributed by atoms with E-state index in [2.05, 4.69) is 4.98 Å². The minimum absolute atomic E-state index is 0. The smallest absolute Gasteiger partial charge is 0.163 e. The van der Waals surface area contributed by atoms with Gasteiger partial charge in [-0.1, -0.05) is 0 Å². The highest BCUT2D eigenvalue weighted by Crippen LogP contribution is 2.15. The van der Waals surface area contributed by atoms with Crippen LogP contribution in [0, 0.1) is 0 Å². The zero-order valence-corrected chi connectivity index (χ0v) is 8.62. The Kier molecular flexibility index (Phi) is 4.51. The first-order valence-corrected chi connectivity index (χ1v) is 3.24. The molecule has 0 N–H and O–H groups in total. The van der Waals surface area contributed by atoms with E-state index in [0.29, 0.717) is 11.3 Å². The van der Waals surface area contributed by atoms with Gasteiger partial charge in [0.25, 0.3) is 0 Å². The Bertz CT molecular complexity index is 276. The van der Waals surface area contributed by atoms with Crippen LogP contribution >= 0.6 is 17.0 Å². The Morgan fingerprint density at radius 1 is 1.58 bits per heavy atom. The van der Waals surface area contributed by atoms with Crippen molar-refractivity contribution >= 4 is 22.8 Å². The number of ether oxygens (including phenoxy) is 1. The third-order valence-electron chi connectivity index (χ3n) is 1.38. The zero-order chi connectivity index (χ0) is 8.27. The van der Waals surface area contributed by atoms with Gasteiger partial charge in [-0.2, -0.15) is 0 Å². The summed E-state index contributed by atoms with van der Waals surface area (Å²) in [5.41, 5.74) is 0.572. The Morgan fingerprint density at radius 2 is 2.25 bits per heavy atom. The molecule has 0 amide bonds. The lowest BCUT2D eigenvalue weighted by molar-refractivity contribution is 0.101. The lowest BCUT2D eigenvalue weighted by Crippen LogP contribution is -1.97. The van der Waals surface area contributed by atoms with Crippen LogP contribution in [0.3, 0.4) is 0 Å². The van der Waals surface area contributed by atoms with Crippen LogP contribution in [-0.4, -0.2) is 17.9 Å². The first kappa shape index (κ1) is 11.1. The van der Waals surface area contributed by atoms with E-state index >= 15 is 0 Å². The largest absolute Gasteiger partial charge is 0.494 e. The Balaban J connectivity index is 0.00000121. The van der Waals surface area contributed by atoms with Gasteiger partial charge in [0.15, 0.2) is 5.78 Å². The SMILES string of the molecule is Br.COc1cnccc1C(C)=O. The molecule has 1 aromatic heterocycles. The molecule has 0 unspecified atom stereocenters. The fraction of sp³-hybridized carbons (Fsp3) is 0.250. The summed E-state index contributed by atoms with van der Waals surface area (Å²) in [5.74, 6) is 0.518. The maximum Gasteiger partial charge on any atom is 0.163 e. The van der Waals surface area contributed by atoms with E-state index in [-0.39, 0.29) is 22.8 Å². The van der Waals surface area contributed by atoms with Crippen molar-refractivity contribution in [1.82, 2.24) is 4.98 Å². The number of hydrogen-bond donors (Lipinski definition) is 0. The molecule has 66 valence electrons. The van der Waals surface area contributed by atoms with Gasteiger partial charge in [-0.05, 0) is 13.0 Å². The summed E-state index contributed by atoms with van der Waals surface area (Å²) in [4.78, 5) is 14.7. The maximum absolute atomic E-state index is 10.9. The molecule has 0 saturated carbocycles. The molecular weight excluding hydrogens is 222 g/mol. The molecule has 4 heteroatoms.